The van der Waals surface area contributed by atoms with Crippen LogP contribution in [0.3, 0.4) is 0 Å². The molecule has 0 aromatic heterocycles. The lowest BCUT2D eigenvalue weighted by Gasteiger charge is -2.27. The number of ether oxygens (including phenoxy) is 2. The van der Waals surface area contributed by atoms with Gasteiger partial charge >= 0.3 is 0 Å². The number of amides is 1. The molecule has 1 amide bonds. The second kappa shape index (κ2) is 10.5. The number of carbonyl (C=O) groups is 2. The van der Waals surface area contributed by atoms with Crippen LogP contribution >= 0.6 is 11.6 Å². The molecule has 34 heavy (non-hydrogen) atoms. The summed E-state index contributed by atoms with van der Waals surface area (Å²) in [6.07, 6.45) is 0. The first-order chi connectivity index (χ1) is 16.1. The Morgan fingerprint density at radius 3 is 2.24 bits per heavy atom. The number of likely N-dealkylation sites (N-methyl/N-ethyl adjacent to an activating group) is 1. The lowest BCUT2D eigenvalue weighted by Crippen LogP contribution is -2.35. The Labute approximate surface area is 205 Å². The van der Waals surface area contributed by atoms with E-state index in [4.69, 9.17) is 21.1 Å². The van der Waals surface area contributed by atoms with Crippen LogP contribution in [0.25, 0.3) is 5.76 Å². The number of carbonyl (C=O) groups excluding carboxylic acids is 2. The van der Waals surface area contributed by atoms with Gasteiger partial charge in [0.1, 0.15) is 17.3 Å². The van der Waals surface area contributed by atoms with Crippen molar-refractivity contribution in [1.82, 2.24) is 9.80 Å². The van der Waals surface area contributed by atoms with Gasteiger partial charge in [0.15, 0.2) is 0 Å². The van der Waals surface area contributed by atoms with Crippen molar-refractivity contribution in [3.05, 3.63) is 63.7 Å². The summed E-state index contributed by atoms with van der Waals surface area (Å²) in [5, 5.41) is 11.7. The third-order valence-electron chi connectivity index (χ3n) is 5.98. The van der Waals surface area contributed by atoms with Crippen molar-refractivity contribution in [2.75, 3.05) is 41.4 Å². The predicted molar refractivity (Wildman–Crippen MR) is 133 cm³/mol. The van der Waals surface area contributed by atoms with Crippen LogP contribution in [-0.4, -0.2) is 68.0 Å². The highest BCUT2D eigenvalue weighted by atomic mass is 35.5. The zero-order valence-electron chi connectivity index (χ0n) is 20.4. The number of aliphatic hydroxyl groups is 1. The standard InChI is InChI=1S/C26H31ClN2O5/c1-15(2)16-7-9-17(10-8-16)23-22(25(31)26(32)29(23)12-11-28(3)4)24(30)18-13-21(34-6)19(27)14-20(18)33-5/h7-10,13-15,23,30H,11-12H2,1-6H3/b24-22+. The number of rotatable bonds is 8. The first-order valence-electron chi connectivity index (χ1n) is 11.1. The summed E-state index contributed by atoms with van der Waals surface area (Å²) in [5.41, 5.74) is 2.10. The van der Waals surface area contributed by atoms with Crippen molar-refractivity contribution >= 4 is 29.1 Å². The van der Waals surface area contributed by atoms with Crippen LogP contribution in [0.15, 0.2) is 42.0 Å². The number of nitrogens with zero attached hydrogens (tertiary/aromatic N) is 2. The fourth-order valence-corrected chi connectivity index (χ4v) is 4.25. The maximum atomic E-state index is 13.2. The summed E-state index contributed by atoms with van der Waals surface area (Å²) < 4.78 is 10.7. The minimum atomic E-state index is -0.745. The largest absolute Gasteiger partial charge is 0.507 e. The minimum absolute atomic E-state index is 0.00345. The molecule has 1 fully saturated rings. The molecule has 7 nitrogen and oxygen atoms in total. The molecule has 0 saturated carbocycles. The molecule has 1 atom stereocenters. The Hall–Kier alpha value is -3.03. The Bertz CT molecular complexity index is 1110. The number of methoxy groups -OCH3 is 2. The van der Waals surface area contributed by atoms with Gasteiger partial charge in [-0.15, -0.1) is 0 Å². The first kappa shape index (κ1) is 25.6. The molecule has 1 aliphatic heterocycles. The number of hydrogen-bond donors (Lipinski definition) is 1. The summed E-state index contributed by atoms with van der Waals surface area (Å²) in [6, 6.07) is 10.0. The van der Waals surface area contributed by atoms with E-state index < -0.39 is 17.7 Å². The average molecular weight is 487 g/mol. The van der Waals surface area contributed by atoms with Crippen LogP contribution < -0.4 is 9.47 Å². The third-order valence-corrected chi connectivity index (χ3v) is 6.27. The average Bonchev–Trinajstić information content (AvgIpc) is 3.06. The van der Waals surface area contributed by atoms with E-state index in [9.17, 15) is 14.7 Å². The van der Waals surface area contributed by atoms with Crippen LogP contribution in [0, 0.1) is 0 Å². The first-order valence-corrected chi connectivity index (χ1v) is 11.4. The monoisotopic (exact) mass is 486 g/mol. The molecule has 182 valence electrons. The molecule has 0 aliphatic carbocycles. The van der Waals surface area contributed by atoms with Crippen molar-refractivity contribution in [2.24, 2.45) is 0 Å². The molecular formula is C26H31ClN2O5. The number of Topliss-reactive ketones (excluding diaryl/α,β-unsaturated/α-hetero) is 1. The molecule has 2 aromatic carbocycles. The maximum Gasteiger partial charge on any atom is 0.295 e. The second-order valence-electron chi connectivity index (χ2n) is 8.80. The van der Waals surface area contributed by atoms with E-state index in [-0.39, 0.29) is 22.6 Å². The quantitative estimate of drug-likeness (QED) is 0.337. The summed E-state index contributed by atoms with van der Waals surface area (Å²) in [4.78, 5) is 29.8. The minimum Gasteiger partial charge on any atom is -0.507 e. The number of benzene rings is 2. The molecule has 1 aliphatic rings. The van der Waals surface area contributed by atoms with Gasteiger partial charge in [-0.25, -0.2) is 0 Å². The van der Waals surface area contributed by atoms with Gasteiger partial charge in [0, 0.05) is 19.2 Å². The second-order valence-corrected chi connectivity index (χ2v) is 9.21. The van der Waals surface area contributed by atoms with E-state index in [0.717, 1.165) is 11.1 Å². The van der Waals surface area contributed by atoms with Crippen molar-refractivity contribution in [2.45, 2.75) is 25.8 Å². The van der Waals surface area contributed by atoms with Crippen LogP contribution in [0.1, 0.15) is 42.5 Å². The highest BCUT2D eigenvalue weighted by Crippen LogP contribution is 2.43. The van der Waals surface area contributed by atoms with Crippen molar-refractivity contribution in [3.8, 4) is 11.5 Å². The van der Waals surface area contributed by atoms with E-state index in [1.54, 1.807) is 0 Å². The van der Waals surface area contributed by atoms with E-state index in [1.165, 1.54) is 31.3 Å². The normalized spacial score (nSPS) is 17.7. The van der Waals surface area contributed by atoms with Gasteiger partial charge in [0.25, 0.3) is 11.7 Å². The lowest BCUT2D eigenvalue weighted by atomic mass is 9.93. The maximum absolute atomic E-state index is 13.2. The van der Waals surface area contributed by atoms with Gasteiger partial charge in [0.05, 0.1) is 36.4 Å². The summed E-state index contributed by atoms with van der Waals surface area (Å²) in [6.45, 7) is 5.08. The van der Waals surface area contributed by atoms with Crippen LogP contribution in [0.2, 0.25) is 5.02 Å². The fourth-order valence-electron chi connectivity index (χ4n) is 4.02. The highest BCUT2D eigenvalue weighted by Gasteiger charge is 2.46. The number of halogens is 1. The Morgan fingerprint density at radius 1 is 1.09 bits per heavy atom. The molecule has 0 radical (unpaired) electrons. The zero-order chi connectivity index (χ0) is 25.2. The summed E-state index contributed by atoms with van der Waals surface area (Å²) >= 11 is 6.22. The van der Waals surface area contributed by atoms with Gasteiger partial charge in [-0.2, -0.15) is 0 Å². The Balaban J connectivity index is 2.22. The summed E-state index contributed by atoms with van der Waals surface area (Å²) in [7, 11) is 6.68. The van der Waals surface area contributed by atoms with Gasteiger partial charge in [-0.3, -0.25) is 9.59 Å². The smallest absolute Gasteiger partial charge is 0.295 e. The van der Waals surface area contributed by atoms with Crippen LogP contribution in [0.4, 0.5) is 0 Å². The van der Waals surface area contributed by atoms with Crippen LogP contribution in [0.5, 0.6) is 11.5 Å². The SMILES string of the molecule is COc1cc(/C(O)=C2\C(=O)C(=O)N(CCN(C)C)C2c2ccc(C(C)C)cc2)c(OC)cc1Cl. The van der Waals surface area contributed by atoms with Gasteiger partial charge in [-0.1, -0.05) is 49.7 Å². The Morgan fingerprint density at radius 2 is 1.71 bits per heavy atom. The van der Waals surface area contributed by atoms with Gasteiger partial charge in [0.2, 0.25) is 0 Å². The van der Waals surface area contributed by atoms with E-state index >= 15 is 0 Å². The number of hydrogen-bond acceptors (Lipinski definition) is 6. The third kappa shape index (κ3) is 4.91. The van der Waals surface area contributed by atoms with Crippen molar-refractivity contribution < 1.29 is 24.2 Å². The van der Waals surface area contributed by atoms with Crippen LogP contribution in [-0.2, 0) is 9.59 Å². The van der Waals surface area contributed by atoms with Gasteiger partial charge in [-0.05, 0) is 37.2 Å². The molecule has 1 saturated heterocycles. The van der Waals surface area contributed by atoms with E-state index in [2.05, 4.69) is 13.8 Å². The molecule has 2 aromatic rings. The number of ketones is 1. The molecular weight excluding hydrogens is 456 g/mol. The molecule has 1 N–H and O–H groups in total. The summed E-state index contributed by atoms with van der Waals surface area (Å²) in [5.74, 6) is -0.831. The highest BCUT2D eigenvalue weighted by molar-refractivity contribution is 6.46. The number of likely N-dealkylation sites (tertiary alicyclic amines) is 1. The van der Waals surface area contributed by atoms with Crippen molar-refractivity contribution in [1.29, 1.82) is 0 Å². The fraction of sp³-hybridized carbons (Fsp3) is 0.385. The zero-order valence-corrected chi connectivity index (χ0v) is 21.1. The lowest BCUT2D eigenvalue weighted by molar-refractivity contribution is -0.140. The van der Waals surface area contributed by atoms with Gasteiger partial charge < -0.3 is 24.4 Å². The molecule has 3 rings (SSSR count). The molecule has 0 spiro atoms. The molecule has 1 heterocycles. The topological polar surface area (TPSA) is 79.3 Å². The predicted octanol–water partition coefficient (Wildman–Crippen LogP) is 4.46. The van der Waals surface area contributed by atoms with E-state index in [1.807, 2.05) is 43.3 Å². The number of aliphatic hydroxyl groups excluding tert-OH is 1. The Kier molecular flexibility index (Phi) is 7.89. The molecule has 8 heteroatoms. The van der Waals surface area contributed by atoms with E-state index in [0.29, 0.717) is 29.8 Å². The van der Waals surface area contributed by atoms with Crippen molar-refractivity contribution in [3.63, 3.8) is 0 Å². The molecule has 0 bridgehead atoms. The molecule has 1 unspecified atom stereocenters.